The Hall–Kier alpha value is -3.15. The molecule has 0 unspecified atom stereocenters. The van der Waals surface area contributed by atoms with Crippen LogP contribution in [0.3, 0.4) is 0 Å². The van der Waals surface area contributed by atoms with Crippen molar-refractivity contribution in [2.24, 2.45) is 0 Å². The molecule has 0 spiro atoms. The van der Waals surface area contributed by atoms with E-state index in [9.17, 15) is 4.39 Å². The van der Waals surface area contributed by atoms with Gasteiger partial charge in [0.2, 0.25) is 5.88 Å². The summed E-state index contributed by atoms with van der Waals surface area (Å²) in [6, 6.07) is 7.58. The normalized spacial score (nSPS) is 19.9. The van der Waals surface area contributed by atoms with Crippen molar-refractivity contribution in [3.8, 4) is 11.6 Å². The monoisotopic (exact) mass is 395 g/mol. The van der Waals surface area contributed by atoms with Crippen LogP contribution in [0.15, 0.2) is 66.5 Å². The fourth-order valence-corrected chi connectivity index (χ4v) is 3.02. The molecule has 2 aromatic rings. The van der Waals surface area contributed by atoms with Gasteiger partial charge in [-0.15, -0.1) is 0 Å². The average Bonchev–Trinajstić information content (AvgIpc) is 2.84. The Labute approximate surface area is 171 Å². The van der Waals surface area contributed by atoms with Crippen LogP contribution in [0.25, 0.3) is 5.57 Å². The molecule has 0 aromatic carbocycles. The van der Waals surface area contributed by atoms with Gasteiger partial charge in [0.1, 0.15) is 23.2 Å². The topological polar surface area (TPSA) is 47.5 Å². The van der Waals surface area contributed by atoms with Crippen LogP contribution in [0.2, 0.25) is 0 Å². The van der Waals surface area contributed by atoms with Gasteiger partial charge in [-0.1, -0.05) is 12.2 Å². The van der Waals surface area contributed by atoms with Crippen LogP contribution in [0.4, 0.5) is 10.2 Å². The van der Waals surface area contributed by atoms with E-state index in [0.717, 1.165) is 23.5 Å². The standard InChI is InChI=1S/C23H26FN3O2/c1-4-27(2)22-14-12-18(16-26-22)29-23-20(10-7-15-25-23)19-9-6-5-8-17(24)11-13-21(19)28-3/h5-7,10-12,14-16H,4,8-9,13H2,1-3H3/b6-5-,17-11+,21-19-. The Morgan fingerprint density at radius 2 is 1.93 bits per heavy atom. The van der Waals surface area contributed by atoms with Crippen LogP contribution < -0.4 is 9.64 Å². The lowest BCUT2D eigenvalue weighted by atomic mass is 10.0. The average molecular weight is 395 g/mol. The molecule has 0 amide bonds. The smallest absolute Gasteiger partial charge is 0.226 e. The van der Waals surface area contributed by atoms with Crippen LogP contribution in [-0.4, -0.2) is 30.7 Å². The minimum atomic E-state index is -0.164. The summed E-state index contributed by atoms with van der Waals surface area (Å²) in [5, 5.41) is 0. The predicted molar refractivity (Wildman–Crippen MR) is 114 cm³/mol. The lowest BCUT2D eigenvalue weighted by molar-refractivity contribution is 0.285. The van der Waals surface area contributed by atoms with E-state index in [4.69, 9.17) is 9.47 Å². The van der Waals surface area contributed by atoms with Crippen molar-refractivity contribution >= 4 is 11.4 Å². The predicted octanol–water partition coefficient (Wildman–Crippen LogP) is 5.68. The maximum absolute atomic E-state index is 13.8. The van der Waals surface area contributed by atoms with Gasteiger partial charge < -0.3 is 14.4 Å². The maximum atomic E-state index is 13.8. The minimum absolute atomic E-state index is 0.164. The van der Waals surface area contributed by atoms with Crippen LogP contribution in [0.5, 0.6) is 11.6 Å². The molecule has 152 valence electrons. The molecule has 0 radical (unpaired) electrons. The molecule has 0 atom stereocenters. The highest BCUT2D eigenvalue weighted by Gasteiger charge is 2.16. The van der Waals surface area contributed by atoms with E-state index in [1.807, 2.05) is 48.4 Å². The van der Waals surface area contributed by atoms with Gasteiger partial charge in [0, 0.05) is 43.8 Å². The first kappa shape index (κ1) is 20.6. The molecule has 2 heterocycles. The maximum Gasteiger partial charge on any atom is 0.226 e. The van der Waals surface area contributed by atoms with E-state index >= 15 is 0 Å². The van der Waals surface area contributed by atoms with Crippen molar-refractivity contribution in [1.29, 1.82) is 0 Å². The molecule has 0 aliphatic heterocycles. The van der Waals surface area contributed by atoms with Crippen molar-refractivity contribution in [1.82, 2.24) is 9.97 Å². The summed E-state index contributed by atoms with van der Waals surface area (Å²) in [4.78, 5) is 10.9. The van der Waals surface area contributed by atoms with Crippen LogP contribution in [-0.2, 0) is 4.74 Å². The first-order chi connectivity index (χ1) is 14.1. The van der Waals surface area contributed by atoms with Crippen LogP contribution in [0, 0.1) is 0 Å². The fourth-order valence-electron chi connectivity index (χ4n) is 3.02. The number of ether oxygens (including phenoxy) is 2. The number of rotatable bonds is 6. The number of pyridine rings is 2. The molecule has 3 rings (SSSR count). The summed E-state index contributed by atoms with van der Waals surface area (Å²) in [7, 11) is 3.59. The lowest BCUT2D eigenvalue weighted by Crippen LogP contribution is -2.16. The zero-order valence-electron chi connectivity index (χ0n) is 17.1. The van der Waals surface area contributed by atoms with Gasteiger partial charge in [0.15, 0.2) is 0 Å². The quantitative estimate of drug-likeness (QED) is 0.589. The van der Waals surface area contributed by atoms with Crippen molar-refractivity contribution in [3.05, 3.63) is 72.0 Å². The zero-order valence-corrected chi connectivity index (χ0v) is 17.1. The van der Waals surface area contributed by atoms with E-state index in [-0.39, 0.29) is 5.83 Å². The van der Waals surface area contributed by atoms with Crippen LogP contribution in [0.1, 0.15) is 31.7 Å². The Morgan fingerprint density at radius 1 is 1.10 bits per heavy atom. The molecule has 0 saturated carbocycles. The third-order valence-electron chi connectivity index (χ3n) is 4.79. The Bertz CT molecular complexity index is 920. The molecule has 29 heavy (non-hydrogen) atoms. The number of methoxy groups -OCH3 is 1. The summed E-state index contributed by atoms with van der Waals surface area (Å²) in [5.41, 5.74) is 1.74. The third kappa shape index (κ3) is 5.22. The third-order valence-corrected chi connectivity index (χ3v) is 4.79. The molecule has 0 N–H and O–H groups in total. The first-order valence-electron chi connectivity index (χ1n) is 9.68. The highest BCUT2D eigenvalue weighted by molar-refractivity contribution is 5.72. The molecule has 0 fully saturated rings. The number of hydrogen-bond acceptors (Lipinski definition) is 5. The Morgan fingerprint density at radius 3 is 2.66 bits per heavy atom. The fraction of sp³-hybridized carbons (Fsp3) is 0.304. The van der Waals surface area contributed by atoms with Gasteiger partial charge in [0.25, 0.3) is 0 Å². The van der Waals surface area contributed by atoms with Gasteiger partial charge in [-0.25, -0.2) is 14.4 Å². The van der Waals surface area contributed by atoms with Crippen molar-refractivity contribution in [3.63, 3.8) is 0 Å². The molecule has 1 aliphatic rings. The highest BCUT2D eigenvalue weighted by atomic mass is 19.1. The Balaban J connectivity index is 1.94. The molecule has 0 saturated heterocycles. The summed E-state index contributed by atoms with van der Waals surface area (Å²) < 4.78 is 25.5. The van der Waals surface area contributed by atoms with Gasteiger partial charge >= 0.3 is 0 Å². The lowest BCUT2D eigenvalue weighted by Gasteiger charge is -2.17. The van der Waals surface area contributed by atoms with Gasteiger partial charge in [-0.2, -0.15) is 0 Å². The van der Waals surface area contributed by atoms with E-state index in [0.29, 0.717) is 36.7 Å². The number of nitrogens with zero attached hydrogens (tertiary/aromatic N) is 3. The summed E-state index contributed by atoms with van der Waals surface area (Å²) in [5.74, 6) is 2.47. The number of aromatic nitrogens is 2. The van der Waals surface area contributed by atoms with Crippen LogP contribution >= 0.6 is 0 Å². The summed E-state index contributed by atoms with van der Waals surface area (Å²) in [6.07, 6.45) is 9.98. The minimum Gasteiger partial charge on any atom is -0.500 e. The van der Waals surface area contributed by atoms with Crippen molar-refractivity contribution < 1.29 is 13.9 Å². The zero-order chi connectivity index (χ0) is 20.6. The summed E-state index contributed by atoms with van der Waals surface area (Å²) in [6.45, 7) is 2.94. The van der Waals surface area contributed by atoms with Gasteiger partial charge in [0.05, 0.1) is 13.3 Å². The number of halogens is 1. The second kappa shape index (κ2) is 9.87. The summed E-state index contributed by atoms with van der Waals surface area (Å²) >= 11 is 0. The molecular weight excluding hydrogens is 369 g/mol. The van der Waals surface area contributed by atoms with Crippen molar-refractivity contribution in [2.75, 3.05) is 25.6 Å². The van der Waals surface area contributed by atoms with E-state index in [1.165, 1.54) is 0 Å². The number of allylic oxidation sites excluding steroid dienone is 5. The van der Waals surface area contributed by atoms with E-state index < -0.39 is 0 Å². The largest absolute Gasteiger partial charge is 0.500 e. The van der Waals surface area contributed by atoms with Gasteiger partial charge in [-0.05, 0) is 43.7 Å². The molecule has 6 heteroatoms. The highest BCUT2D eigenvalue weighted by Crippen LogP contribution is 2.34. The van der Waals surface area contributed by atoms with Gasteiger partial charge in [-0.3, -0.25) is 0 Å². The molecule has 5 nitrogen and oxygen atoms in total. The SMILES string of the molecule is CCN(C)c1ccc(Oc2ncccc2/C2=C(\OC)C/C=C(/F)C/C=C\C2)cn1. The second-order valence-electron chi connectivity index (χ2n) is 6.67. The molecule has 2 aromatic heterocycles. The first-order valence-corrected chi connectivity index (χ1v) is 9.68. The second-order valence-corrected chi connectivity index (χ2v) is 6.67. The van der Waals surface area contributed by atoms with E-state index in [2.05, 4.69) is 16.9 Å². The number of hydrogen-bond donors (Lipinski definition) is 0. The van der Waals surface area contributed by atoms with Crippen molar-refractivity contribution in [2.45, 2.75) is 26.2 Å². The molecule has 0 bridgehead atoms. The molecular formula is C23H26FN3O2. The van der Waals surface area contributed by atoms with E-state index in [1.54, 1.807) is 25.6 Å². The Kier molecular flexibility index (Phi) is 7.00. The molecule has 1 aliphatic carbocycles. The number of anilines is 1.